The van der Waals surface area contributed by atoms with Crippen molar-refractivity contribution in [1.29, 1.82) is 0 Å². The van der Waals surface area contributed by atoms with Gasteiger partial charge in [0.15, 0.2) is 5.82 Å². The third-order valence-corrected chi connectivity index (χ3v) is 4.38. The molecule has 4 aromatic rings. The van der Waals surface area contributed by atoms with Gasteiger partial charge in [0.25, 0.3) is 5.91 Å². The Balaban J connectivity index is 1.51. The summed E-state index contributed by atoms with van der Waals surface area (Å²) in [4.78, 5) is 12.7. The van der Waals surface area contributed by atoms with Crippen LogP contribution in [-0.4, -0.2) is 42.0 Å². The van der Waals surface area contributed by atoms with E-state index in [1.807, 2.05) is 51.2 Å². The van der Waals surface area contributed by atoms with Gasteiger partial charge in [-0.05, 0) is 54.1 Å². The molecule has 148 valence electrons. The maximum atomic E-state index is 12.7. The Morgan fingerprint density at radius 3 is 2.66 bits per heavy atom. The first-order chi connectivity index (χ1) is 14.0. The number of nitrogens with zero attached hydrogens (tertiary/aromatic N) is 6. The summed E-state index contributed by atoms with van der Waals surface area (Å²) in [5.74, 6) is 1.06. The van der Waals surface area contributed by atoms with Gasteiger partial charge in [-0.25, -0.2) is 4.68 Å². The fraction of sp³-hybridized carbons (Fsp3) is 0.250. The molecule has 9 nitrogen and oxygen atoms in total. The highest BCUT2D eigenvalue weighted by Crippen LogP contribution is 2.27. The third kappa shape index (κ3) is 4.08. The minimum absolute atomic E-state index is 0.0867. The predicted molar refractivity (Wildman–Crippen MR) is 108 cm³/mol. The second-order valence-electron chi connectivity index (χ2n) is 6.98. The van der Waals surface area contributed by atoms with Crippen LogP contribution in [0.5, 0.6) is 5.75 Å². The van der Waals surface area contributed by atoms with Gasteiger partial charge >= 0.3 is 0 Å². The molecule has 0 atom stereocenters. The highest BCUT2D eigenvalue weighted by molar-refractivity contribution is 6.08. The van der Waals surface area contributed by atoms with Crippen molar-refractivity contribution in [3.8, 4) is 5.75 Å². The molecule has 0 fully saturated rings. The average molecular weight is 391 g/mol. The van der Waals surface area contributed by atoms with Gasteiger partial charge in [-0.2, -0.15) is 5.10 Å². The topological polar surface area (TPSA) is 99.8 Å². The first-order valence-electron chi connectivity index (χ1n) is 9.24. The number of nitrogens with one attached hydrogen (secondary N) is 1. The van der Waals surface area contributed by atoms with Crippen LogP contribution in [0.15, 0.2) is 48.8 Å². The molecule has 2 heterocycles. The van der Waals surface area contributed by atoms with Crippen LogP contribution in [0, 0.1) is 0 Å². The molecule has 0 saturated heterocycles. The van der Waals surface area contributed by atoms with Crippen molar-refractivity contribution in [2.75, 3.05) is 5.32 Å². The number of benzene rings is 2. The molecular weight excluding hydrogens is 370 g/mol. The van der Waals surface area contributed by atoms with Crippen molar-refractivity contribution in [2.45, 2.75) is 26.5 Å². The molecule has 0 aliphatic rings. The van der Waals surface area contributed by atoms with Crippen molar-refractivity contribution in [1.82, 2.24) is 30.0 Å². The van der Waals surface area contributed by atoms with E-state index < -0.39 is 0 Å². The van der Waals surface area contributed by atoms with E-state index in [1.165, 1.54) is 0 Å². The first kappa shape index (κ1) is 18.6. The van der Waals surface area contributed by atoms with Crippen molar-refractivity contribution < 1.29 is 9.53 Å². The van der Waals surface area contributed by atoms with Crippen molar-refractivity contribution >= 4 is 22.6 Å². The average Bonchev–Trinajstić information content (AvgIpc) is 3.30. The van der Waals surface area contributed by atoms with Crippen LogP contribution in [0.25, 0.3) is 10.9 Å². The Labute approximate surface area is 167 Å². The van der Waals surface area contributed by atoms with Crippen molar-refractivity contribution in [2.24, 2.45) is 7.05 Å². The zero-order chi connectivity index (χ0) is 20.4. The van der Waals surface area contributed by atoms with E-state index in [0.717, 1.165) is 22.2 Å². The minimum atomic E-state index is -0.221. The zero-order valence-corrected chi connectivity index (χ0v) is 16.4. The molecule has 0 spiro atoms. The maximum Gasteiger partial charge on any atom is 0.256 e. The molecule has 2 aromatic heterocycles. The van der Waals surface area contributed by atoms with Crippen LogP contribution in [-0.2, 0) is 13.6 Å². The van der Waals surface area contributed by atoms with Crippen LogP contribution in [0.1, 0.15) is 29.8 Å². The quantitative estimate of drug-likeness (QED) is 0.542. The number of hydrogen-bond donors (Lipinski definition) is 1. The van der Waals surface area contributed by atoms with E-state index in [1.54, 1.807) is 27.8 Å². The summed E-state index contributed by atoms with van der Waals surface area (Å²) < 4.78 is 9.09. The number of rotatable bonds is 6. The zero-order valence-electron chi connectivity index (χ0n) is 16.4. The lowest BCUT2D eigenvalue weighted by Crippen LogP contribution is -2.13. The number of hydrogen-bond acceptors (Lipinski definition) is 6. The summed E-state index contributed by atoms with van der Waals surface area (Å²) in [7, 11) is 1.84. The second kappa shape index (κ2) is 7.70. The number of aromatic nitrogens is 6. The molecule has 4 rings (SSSR count). The smallest absolute Gasteiger partial charge is 0.256 e. The van der Waals surface area contributed by atoms with E-state index in [0.29, 0.717) is 17.9 Å². The van der Waals surface area contributed by atoms with E-state index in [2.05, 4.69) is 25.9 Å². The maximum absolute atomic E-state index is 12.7. The number of aryl methyl sites for hydroxylation is 1. The summed E-state index contributed by atoms with van der Waals surface area (Å²) in [6.07, 6.45) is 1.63. The van der Waals surface area contributed by atoms with Crippen LogP contribution in [0.3, 0.4) is 0 Å². The number of tetrazole rings is 1. The fourth-order valence-corrected chi connectivity index (χ4v) is 3.06. The number of amides is 1. The van der Waals surface area contributed by atoms with E-state index in [4.69, 9.17) is 4.74 Å². The Hall–Kier alpha value is -3.75. The van der Waals surface area contributed by atoms with E-state index in [9.17, 15) is 4.79 Å². The lowest BCUT2D eigenvalue weighted by Gasteiger charge is -2.09. The van der Waals surface area contributed by atoms with Gasteiger partial charge in [0.2, 0.25) is 0 Å². The van der Waals surface area contributed by atoms with Gasteiger partial charge in [0, 0.05) is 24.1 Å². The highest BCUT2D eigenvalue weighted by atomic mass is 16.5. The van der Waals surface area contributed by atoms with Gasteiger partial charge < -0.3 is 10.1 Å². The third-order valence-electron chi connectivity index (χ3n) is 4.38. The molecule has 2 aromatic carbocycles. The summed E-state index contributed by atoms with van der Waals surface area (Å²) in [5, 5.41) is 19.3. The molecule has 29 heavy (non-hydrogen) atoms. The lowest BCUT2D eigenvalue weighted by atomic mass is 10.1. The van der Waals surface area contributed by atoms with Gasteiger partial charge in [0.1, 0.15) is 12.1 Å². The van der Waals surface area contributed by atoms with Crippen LogP contribution in [0.4, 0.5) is 5.82 Å². The molecule has 0 unspecified atom stereocenters. The van der Waals surface area contributed by atoms with Crippen LogP contribution < -0.4 is 10.1 Å². The summed E-state index contributed by atoms with van der Waals surface area (Å²) in [5.41, 5.74) is 2.43. The number of anilines is 1. The van der Waals surface area contributed by atoms with Crippen molar-refractivity contribution in [3.63, 3.8) is 0 Å². The first-order valence-corrected chi connectivity index (χ1v) is 9.24. The number of carbonyl (C=O) groups excluding carboxylic acids is 1. The van der Waals surface area contributed by atoms with Gasteiger partial charge in [-0.1, -0.05) is 12.1 Å². The normalized spacial score (nSPS) is 11.2. The SMILES string of the molecule is CC(C)Oc1ccc2c(NC(=O)c3ccc(Cn4cnnn4)cc3)nn(C)c2c1. The number of fused-ring (bicyclic) bond motifs is 1. The van der Waals surface area contributed by atoms with Crippen LogP contribution in [0.2, 0.25) is 0 Å². The Kier molecular flexibility index (Phi) is 4.94. The van der Waals surface area contributed by atoms with Crippen molar-refractivity contribution in [3.05, 3.63) is 59.9 Å². The fourth-order valence-electron chi connectivity index (χ4n) is 3.06. The predicted octanol–water partition coefficient (Wildman–Crippen LogP) is 2.65. The van der Waals surface area contributed by atoms with Gasteiger partial charge in [-0.15, -0.1) is 5.10 Å². The molecule has 9 heteroatoms. The molecule has 1 amide bonds. The second-order valence-corrected chi connectivity index (χ2v) is 6.98. The van der Waals surface area contributed by atoms with Crippen LogP contribution >= 0.6 is 0 Å². The van der Waals surface area contributed by atoms with E-state index in [-0.39, 0.29) is 12.0 Å². The largest absolute Gasteiger partial charge is 0.491 e. The molecule has 0 bridgehead atoms. The molecule has 0 radical (unpaired) electrons. The standard InChI is InChI=1S/C20H21N7O2/c1-13(2)29-16-8-9-17-18(10-16)26(3)23-19(17)22-20(28)15-6-4-14(5-7-15)11-27-12-21-24-25-27/h4-10,12-13H,11H2,1-3H3,(H,22,23,28). The number of ether oxygens (including phenoxy) is 1. The molecule has 0 aliphatic carbocycles. The molecular formula is C20H21N7O2. The monoisotopic (exact) mass is 391 g/mol. The molecule has 0 aliphatic heterocycles. The van der Waals surface area contributed by atoms with Gasteiger partial charge in [-0.3, -0.25) is 9.48 Å². The number of carbonyl (C=O) groups is 1. The summed E-state index contributed by atoms with van der Waals surface area (Å²) in [6.45, 7) is 4.50. The Bertz CT molecular complexity index is 1130. The Morgan fingerprint density at radius 1 is 1.17 bits per heavy atom. The highest BCUT2D eigenvalue weighted by Gasteiger charge is 2.14. The van der Waals surface area contributed by atoms with Gasteiger partial charge in [0.05, 0.1) is 18.2 Å². The van der Waals surface area contributed by atoms with E-state index >= 15 is 0 Å². The summed E-state index contributed by atoms with van der Waals surface area (Å²) in [6, 6.07) is 13.0. The Morgan fingerprint density at radius 2 is 1.97 bits per heavy atom. The molecule has 0 saturated carbocycles. The molecule has 1 N–H and O–H groups in total. The minimum Gasteiger partial charge on any atom is -0.491 e. The summed E-state index contributed by atoms with van der Waals surface area (Å²) >= 11 is 0. The lowest BCUT2D eigenvalue weighted by molar-refractivity contribution is 0.102.